The molecule has 6 nitrogen and oxygen atoms in total. The summed E-state index contributed by atoms with van der Waals surface area (Å²) in [6, 6.07) is -0.440. The summed E-state index contributed by atoms with van der Waals surface area (Å²) >= 11 is 12.3. The van der Waals surface area contributed by atoms with Crippen LogP contribution in [-0.2, 0) is 14.8 Å². The maximum absolute atomic E-state index is 13.5. The Morgan fingerprint density at radius 3 is 2.30 bits per heavy atom. The lowest BCUT2D eigenvalue weighted by Gasteiger charge is -2.37. The van der Waals surface area contributed by atoms with Gasteiger partial charge in [0.15, 0.2) is 0 Å². The highest BCUT2D eigenvalue weighted by molar-refractivity contribution is 7.90. The molecule has 0 saturated heterocycles. The Bertz CT molecular complexity index is 647. The van der Waals surface area contributed by atoms with Crippen molar-refractivity contribution in [2.24, 2.45) is 5.92 Å². The number of nitrogens with one attached hydrogen (secondary N) is 2. The zero-order chi connectivity index (χ0) is 19.8. The van der Waals surface area contributed by atoms with Crippen molar-refractivity contribution in [2.75, 3.05) is 0 Å². The van der Waals surface area contributed by atoms with Crippen LogP contribution in [0.15, 0.2) is 0 Å². The Morgan fingerprint density at radius 1 is 0.963 bits per heavy atom. The van der Waals surface area contributed by atoms with Crippen LogP contribution in [0.25, 0.3) is 0 Å². The van der Waals surface area contributed by atoms with E-state index in [2.05, 4.69) is 10.0 Å². The minimum absolute atomic E-state index is 0.160. The van der Waals surface area contributed by atoms with Crippen molar-refractivity contribution in [1.29, 1.82) is 0 Å². The summed E-state index contributed by atoms with van der Waals surface area (Å²) in [7, 11) is -3.58. The topological polar surface area (TPSA) is 95.5 Å². The van der Waals surface area contributed by atoms with Crippen molar-refractivity contribution < 1.29 is 22.7 Å². The van der Waals surface area contributed by atoms with Crippen molar-refractivity contribution in [1.82, 2.24) is 10.0 Å². The quantitative estimate of drug-likeness (QED) is 0.563. The van der Waals surface area contributed by atoms with E-state index in [0.717, 1.165) is 0 Å². The molecule has 3 fully saturated rings. The molecule has 1 amide bonds. The molecular weight excluding hydrogens is 418 g/mol. The third kappa shape index (κ3) is 5.26. The van der Waals surface area contributed by atoms with Crippen molar-refractivity contribution >= 4 is 39.1 Å². The molecule has 3 N–H and O–H groups in total. The average molecular weight is 445 g/mol. The van der Waals surface area contributed by atoms with Gasteiger partial charge in [-0.2, -0.15) is 0 Å². The van der Waals surface area contributed by atoms with Crippen LogP contribution in [0.5, 0.6) is 0 Å². The van der Waals surface area contributed by atoms with Gasteiger partial charge in [0.25, 0.3) is 0 Å². The molecule has 3 aliphatic carbocycles. The van der Waals surface area contributed by atoms with E-state index in [9.17, 15) is 22.7 Å². The summed E-state index contributed by atoms with van der Waals surface area (Å²) in [6.07, 6.45) is 1.53. The normalized spacial score (nSPS) is 43.0. The van der Waals surface area contributed by atoms with Crippen LogP contribution in [0.4, 0.5) is 4.39 Å². The summed E-state index contributed by atoms with van der Waals surface area (Å²) in [5, 5.41) is 10.5. The first-order chi connectivity index (χ1) is 12.7. The van der Waals surface area contributed by atoms with Crippen molar-refractivity contribution in [3.8, 4) is 0 Å². The molecular formula is C17H27Cl2FN2O4S. The standard InChI is InChI=1S/C17H27Cl2FN2O4S/c18-14-3-2-12(27(25,26)22-10-5-11(23)6-10)8-13(14)17(24)21-9-1-4-16(20)15(19)7-9/h9-16,22-23H,1-8H2,(H,21,24). The molecule has 0 bridgehead atoms. The van der Waals surface area contributed by atoms with E-state index < -0.39 is 44.2 Å². The molecule has 3 aliphatic rings. The van der Waals surface area contributed by atoms with Gasteiger partial charge in [-0.15, -0.1) is 23.2 Å². The Hall–Kier alpha value is -0.150. The van der Waals surface area contributed by atoms with E-state index in [1.807, 2.05) is 0 Å². The maximum atomic E-state index is 13.5. The number of aliphatic hydroxyl groups excluding tert-OH is 1. The van der Waals surface area contributed by atoms with Crippen molar-refractivity contribution in [3.05, 3.63) is 0 Å². The summed E-state index contributed by atoms with van der Waals surface area (Å²) in [6.45, 7) is 0. The lowest BCUT2D eigenvalue weighted by molar-refractivity contribution is -0.126. The van der Waals surface area contributed by atoms with Crippen LogP contribution in [0.1, 0.15) is 51.4 Å². The molecule has 0 aliphatic heterocycles. The first-order valence-electron chi connectivity index (χ1n) is 9.57. The summed E-state index contributed by atoms with van der Waals surface area (Å²) < 4.78 is 41.4. The van der Waals surface area contributed by atoms with Gasteiger partial charge in [-0.3, -0.25) is 4.79 Å². The number of sulfonamides is 1. The van der Waals surface area contributed by atoms with Gasteiger partial charge in [0.2, 0.25) is 15.9 Å². The number of halogens is 3. The molecule has 0 heterocycles. The molecule has 6 unspecified atom stereocenters. The molecule has 0 spiro atoms. The van der Waals surface area contributed by atoms with Crippen molar-refractivity contribution in [3.63, 3.8) is 0 Å². The number of carbonyl (C=O) groups is 1. The third-order valence-corrected chi connectivity index (χ3v) is 8.92. The van der Waals surface area contributed by atoms with Crippen LogP contribution < -0.4 is 10.0 Å². The first kappa shape index (κ1) is 21.6. The molecule has 0 aromatic carbocycles. The highest BCUT2D eigenvalue weighted by atomic mass is 35.5. The Morgan fingerprint density at radius 2 is 1.67 bits per heavy atom. The maximum Gasteiger partial charge on any atom is 0.224 e. The molecule has 3 saturated carbocycles. The number of hydrogen-bond acceptors (Lipinski definition) is 4. The molecule has 27 heavy (non-hydrogen) atoms. The van der Waals surface area contributed by atoms with Gasteiger partial charge in [0, 0.05) is 17.5 Å². The number of carbonyl (C=O) groups excluding carboxylic acids is 1. The second kappa shape index (κ2) is 8.69. The van der Waals surface area contributed by atoms with Crippen LogP contribution in [0.3, 0.4) is 0 Å². The first-order valence-corrected chi connectivity index (χ1v) is 12.0. The van der Waals surface area contributed by atoms with Crippen LogP contribution in [-0.4, -0.2) is 59.8 Å². The van der Waals surface area contributed by atoms with Gasteiger partial charge in [0.05, 0.1) is 22.6 Å². The molecule has 0 aromatic heterocycles. The highest BCUT2D eigenvalue weighted by Gasteiger charge is 2.42. The largest absolute Gasteiger partial charge is 0.393 e. The lowest BCUT2D eigenvalue weighted by Crippen LogP contribution is -2.52. The summed E-state index contributed by atoms with van der Waals surface area (Å²) in [4.78, 5) is 12.7. The molecule has 156 valence electrons. The SMILES string of the molecule is O=C(NC1CCC(F)C(Cl)C1)C1CC(S(=O)(=O)NC2CC(O)C2)CCC1Cl. The predicted octanol–water partition coefficient (Wildman–Crippen LogP) is 1.82. The van der Waals surface area contributed by atoms with E-state index in [-0.39, 0.29) is 24.4 Å². The average Bonchev–Trinajstić information content (AvgIpc) is 2.56. The number of alkyl halides is 3. The molecule has 3 rings (SSSR count). The Labute approximate surface area is 169 Å². The van der Waals surface area contributed by atoms with Gasteiger partial charge in [-0.1, -0.05) is 0 Å². The second-order valence-electron chi connectivity index (χ2n) is 8.09. The zero-order valence-corrected chi connectivity index (χ0v) is 17.3. The van der Waals surface area contributed by atoms with Gasteiger partial charge < -0.3 is 10.4 Å². The molecule has 6 atom stereocenters. The van der Waals surface area contributed by atoms with Crippen LogP contribution in [0.2, 0.25) is 0 Å². The molecule has 0 radical (unpaired) electrons. The van der Waals surface area contributed by atoms with Gasteiger partial charge in [0.1, 0.15) is 6.17 Å². The zero-order valence-electron chi connectivity index (χ0n) is 15.0. The highest BCUT2D eigenvalue weighted by Crippen LogP contribution is 2.34. The van der Waals surface area contributed by atoms with E-state index in [1.54, 1.807) is 0 Å². The lowest BCUT2D eigenvalue weighted by atomic mass is 9.86. The van der Waals surface area contributed by atoms with Gasteiger partial charge in [-0.25, -0.2) is 17.5 Å². The fraction of sp³-hybridized carbons (Fsp3) is 0.941. The minimum Gasteiger partial charge on any atom is -0.393 e. The number of aliphatic hydroxyl groups is 1. The smallest absolute Gasteiger partial charge is 0.224 e. The minimum atomic E-state index is -3.58. The predicted molar refractivity (Wildman–Crippen MR) is 102 cm³/mol. The van der Waals surface area contributed by atoms with Gasteiger partial charge in [-0.05, 0) is 51.4 Å². The van der Waals surface area contributed by atoms with Crippen LogP contribution in [0, 0.1) is 5.92 Å². The van der Waals surface area contributed by atoms with Crippen molar-refractivity contribution in [2.45, 2.75) is 91.7 Å². The Balaban J connectivity index is 1.57. The van der Waals surface area contributed by atoms with E-state index in [4.69, 9.17) is 23.2 Å². The summed E-state index contributed by atoms with van der Waals surface area (Å²) in [5.74, 6) is -0.883. The molecule has 10 heteroatoms. The number of hydrogen-bond donors (Lipinski definition) is 3. The Kier molecular flexibility index (Phi) is 6.94. The van der Waals surface area contributed by atoms with E-state index >= 15 is 0 Å². The van der Waals surface area contributed by atoms with Crippen LogP contribution >= 0.6 is 23.2 Å². The monoisotopic (exact) mass is 444 g/mol. The summed E-state index contributed by atoms with van der Waals surface area (Å²) in [5.41, 5.74) is 0. The van der Waals surface area contributed by atoms with E-state index in [1.165, 1.54) is 0 Å². The second-order valence-corrected chi connectivity index (χ2v) is 11.2. The molecule has 0 aromatic rings. The fourth-order valence-corrected chi connectivity index (χ4v) is 6.62. The number of rotatable bonds is 5. The number of amides is 1. The third-order valence-electron chi connectivity index (χ3n) is 5.98. The van der Waals surface area contributed by atoms with Gasteiger partial charge >= 0.3 is 0 Å². The fourth-order valence-electron chi connectivity index (χ4n) is 4.18. The van der Waals surface area contributed by atoms with E-state index in [0.29, 0.717) is 44.9 Å².